The first-order valence-electron chi connectivity index (χ1n) is 6.11. The van der Waals surface area contributed by atoms with Crippen molar-refractivity contribution in [3.05, 3.63) is 77.9 Å². The molecule has 2 nitrogen and oxygen atoms in total. The molecule has 0 aliphatic carbocycles. The van der Waals surface area contributed by atoms with E-state index in [9.17, 15) is 0 Å². The third-order valence-electron chi connectivity index (χ3n) is 2.82. The second kappa shape index (κ2) is 6.45. The minimum Gasteiger partial charge on any atom is -0.288 e. The molecule has 19 heavy (non-hydrogen) atoms. The Balaban J connectivity index is 2.40. The number of allylic oxidation sites excluding steroid dienone is 1. The van der Waals surface area contributed by atoms with Crippen LogP contribution in [0.5, 0.6) is 0 Å². The van der Waals surface area contributed by atoms with Gasteiger partial charge in [-0.3, -0.25) is 9.98 Å². The average molecular weight is 248 g/mol. The van der Waals surface area contributed by atoms with Gasteiger partial charge in [-0.2, -0.15) is 0 Å². The molecule has 0 atom stereocenters. The zero-order valence-electron chi connectivity index (χ0n) is 11.0. The van der Waals surface area contributed by atoms with Gasteiger partial charge < -0.3 is 0 Å². The molecule has 0 heterocycles. The molecule has 0 N–H and O–H groups in total. The molecule has 0 bridgehead atoms. The molecule has 94 valence electrons. The quantitative estimate of drug-likeness (QED) is 0.734. The smallest absolute Gasteiger partial charge is 0.0716 e. The molecular weight excluding hydrogens is 232 g/mol. The lowest BCUT2D eigenvalue weighted by Crippen LogP contribution is -1.97. The van der Waals surface area contributed by atoms with Gasteiger partial charge in [0.05, 0.1) is 11.4 Å². The zero-order chi connectivity index (χ0) is 13.5. The minimum atomic E-state index is 0.824. The molecule has 0 radical (unpaired) electrons. The van der Waals surface area contributed by atoms with Gasteiger partial charge in [-0.15, -0.1) is 0 Å². The molecule has 0 saturated heterocycles. The van der Waals surface area contributed by atoms with Gasteiger partial charge in [-0.25, -0.2) is 0 Å². The topological polar surface area (TPSA) is 24.7 Å². The van der Waals surface area contributed by atoms with Crippen molar-refractivity contribution in [3.8, 4) is 0 Å². The fourth-order valence-electron chi connectivity index (χ4n) is 1.84. The summed E-state index contributed by atoms with van der Waals surface area (Å²) in [4.78, 5) is 8.43. The van der Waals surface area contributed by atoms with E-state index in [-0.39, 0.29) is 0 Å². The standard InChI is InChI=1S/C17H16N2/c1-18-16(14-9-5-3-6-10-14)13-17(19-2)15-11-7-4-8-12-15/h3-13H,1H2,2H3/b16-13-,19-17+. The Hall–Kier alpha value is -2.48. The van der Waals surface area contributed by atoms with Crippen LogP contribution in [0.15, 0.2) is 76.7 Å². The molecule has 0 fully saturated rings. The minimum absolute atomic E-state index is 0.824. The molecule has 2 aromatic carbocycles. The van der Waals surface area contributed by atoms with Crippen LogP contribution in [0.25, 0.3) is 5.70 Å². The largest absolute Gasteiger partial charge is 0.288 e. The predicted octanol–water partition coefficient (Wildman–Crippen LogP) is 3.85. The summed E-state index contributed by atoms with van der Waals surface area (Å²) in [7, 11) is 1.78. The van der Waals surface area contributed by atoms with Crippen LogP contribution in [-0.4, -0.2) is 19.5 Å². The molecule has 0 spiro atoms. The first-order chi connectivity index (χ1) is 9.35. The summed E-state index contributed by atoms with van der Waals surface area (Å²) in [6.45, 7) is 3.65. The Morgan fingerprint density at radius 3 is 1.89 bits per heavy atom. The van der Waals surface area contributed by atoms with Crippen LogP contribution in [-0.2, 0) is 0 Å². The van der Waals surface area contributed by atoms with Gasteiger partial charge in [0.2, 0.25) is 0 Å². The SMILES string of the molecule is C=N/C(=C\C(=N/C)c1ccccc1)c1ccccc1. The molecule has 0 aliphatic heterocycles. The van der Waals surface area contributed by atoms with Crippen LogP contribution in [0.3, 0.4) is 0 Å². The number of rotatable bonds is 4. The molecule has 2 rings (SSSR count). The lowest BCUT2D eigenvalue weighted by molar-refractivity contribution is 1.43. The lowest BCUT2D eigenvalue weighted by atomic mass is 10.1. The van der Waals surface area contributed by atoms with E-state index in [2.05, 4.69) is 16.7 Å². The van der Waals surface area contributed by atoms with Gasteiger partial charge >= 0.3 is 0 Å². The second-order valence-corrected chi connectivity index (χ2v) is 4.03. The summed E-state index contributed by atoms with van der Waals surface area (Å²) in [5.41, 5.74) is 3.83. The van der Waals surface area contributed by atoms with E-state index in [4.69, 9.17) is 0 Å². The van der Waals surface area contributed by atoms with E-state index >= 15 is 0 Å². The third-order valence-corrected chi connectivity index (χ3v) is 2.82. The monoisotopic (exact) mass is 248 g/mol. The Morgan fingerprint density at radius 2 is 1.42 bits per heavy atom. The number of hydrogen-bond donors (Lipinski definition) is 0. The number of benzene rings is 2. The summed E-state index contributed by atoms with van der Waals surface area (Å²) in [5, 5.41) is 0. The van der Waals surface area contributed by atoms with Crippen LogP contribution in [0.2, 0.25) is 0 Å². The van der Waals surface area contributed by atoms with Crippen molar-refractivity contribution in [1.82, 2.24) is 0 Å². The predicted molar refractivity (Wildman–Crippen MR) is 82.9 cm³/mol. The van der Waals surface area contributed by atoms with Gasteiger partial charge in [0, 0.05) is 12.6 Å². The molecule has 0 unspecified atom stereocenters. The first-order valence-corrected chi connectivity index (χ1v) is 6.11. The van der Waals surface area contributed by atoms with Crippen molar-refractivity contribution in [3.63, 3.8) is 0 Å². The van der Waals surface area contributed by atoms with Crippen LogP contribution in [0.1, 0.15) is 11.1 Å². The van der Waals surface area contributed by atoms with E-state index < -0.39 is 0 Å². The Labute approximate surface area is 113 Å². The van der Waals surface area contributed by atoms with Gasteiger partial charge in [0.1, 0.15) is 0 Å². The fraction of sp³-hybridized carbons (Fsp3) is 0.0588. The first kappa shape index (κ1) is 13.0. The molecule has 0 aliphatic rings. The summed E-state index contributed by atoms with van der Waals surface area (Å²) >= 11 is 0. The van der Waals surface area contributed by atoms with Crippen molar-refractivity contribution in [2.75, 3.05) is 7.05 Å². The van der Waals surface area contributed by atoms with E-state index in [0.717, 1.165) is 22.5 Å². The highest BCUT2D eigenvalue weighted by atomic mass is 14.7. The Kier molecular flexibility index (Phi) is 4.40. The van der Waals surface area contributed by atoms with Crippen LogP contribution in [0, 0.1) is 0 Å². The highest BCUT2D eigenvalue weighted by Gasteiger charge is 2.03. The zero-order valence-corrected chi connectivity index (χ0v) is 11.0. The number of hydrogen-bond acceptors (Lipinski definition) is 2. The van der Waals surface area contributed by atoms with Crippen molar-refractivity contribution >= 4 is 18.1 Å². The summed E-state index contributed by atoms with van der Waals surface area (Å²) in [5.74, 6) is 0. The molecule has 0 aromatic heterocycles. The Morgan fingerprint density at radius 1 is 0.895 bits per heavy atom. The maximum absolute atomic E-state index is 4.32. The fourth-order valence-corrected chi connectivity index (χ4v) is 1.84. The molecule has 0 saturated carbocycles. The maximum Gasteiger partial charge on any atom is 0.0716 e. The van der Waals surface area contributed by atoms with Crippen molar-refractivity contribution < 1.29 is 0 Å². The lowest BCUT2D eigenvalue weighted by Gasteiger charge is -2.04. The van der Waals surface area contributed by atoms with E-state index in [1.807, 2.05) is 66.7 Å². The van der Waals surface area contributed by atoms with Gasteiger partial charge in [0.15, 0.2) is 0 Å². The summed E-state index contributed by atoms with van der Waals surface area (Å²) in [6, 6.07) is 20.0. The maximum atomic E-state index is 4.32. The normalized spacial score (nSPS) is 12.3. The van der Waals surface area contributed by atoms with Gasteiger partial charge in [-0.1, -0.05) is 60.7 Å². The summed E-state index contributed by atoms with van der Waals surface area (Å²) in [6.07, 6.45) is 1.96. The highest BCUT2D eigenvalue weighted by molar-refractivity contribution is 6.12. The van der Waals surface area contributed by atoms with E-state index in [1.165, 1.54) is 0 Å². The number of aliphatic imine (C=N–C) groups is 2. The van der Waals surface area contributed by atoms with Crippen molar-refractivity contribution in [2.45, 2.75) is 0 Å². The third kappa shape index (κ3) is 3.26. The van der Waals surface area contributed by atoms with Gasteiger partial charge in [-0.05, 0) is 18.4 Å². The molecule has 2 aromatic rings. The second-order valence-electron chi connectivity index (χ2n) is 4.03. The average Bonchev–Trinajstić information content (AvgIpc) is 2.50. The van der Waals surface area contributed by atoms with Crippen molar-refractivity contribution in [2.24, 2.45) is 9.98 Å². The van der Waals surface area contributed by atoms with Gasteiger partial charge in [0.25, 0.3) is 0 Å². The Bertz CT molecular complexity index is 596. The van der Waals surface area contributed by atoms with Crippen LogP contribution in [0.4, 0.5) is 0 Å². The van der Waals surface area contributed by atoms with E-state index in [1.54, 1.807) is 7.05 Å². The molecule has 0 amide bonds. The van der Waals surface area contributed by atoms with Crippen LogP contribution >= 0.6 is 0 Å². The molecular formula is C17H16N2. The summed E-state index contributed by atoms with van der Waals surface area (Å²) < 4.78 is 0. The highest BCUT2D eigenvalue weighted by Crippen LogP contribution is 2.16. The van der Waals surface area contributed by atoms with Crippen LogP contribution < -0.4 is 0 Å². The molecule has 2 heteroatoms. The number of nitrogens with zero attached hydrogens (tertiary/aromatic N) is 2. The van der Waals surface area contributed by atoms with Crippen molar-refractivity contribution in [1.29, 1.82) is 0 Å². The van der Waals surface area contributed by atoms with E-state index in [0.29, 0.717) is 0 Å².